The molecule has 0 aliphatic heterocycles. The van der Waals surface area contributed by atoms with Crippen LogP contribution in [0.1, 0.15) is 36.8 Å². The van der Waals surface area contributed by atoms with Crippen molar-refractivity contribution in [3.63, 3.8) is 0 Å². The summed E-state index contributed by atoms with van der Waals surface area (Å²) in [4.78, 5) is 28.2. The molecular weight excluding hydrogens is 309 g/mol. The monoisotopic (exact) mass is 329 g/mol. The zero-order chi connectivity index (χ0) is 17.7. The van der Waals surface area contributed by atoms with Gasteiger partial charge < -0.3 is 10.6 Å². The quantitative estimate of drug-likeness (QED) is 0.906. The molecule has 1 aromatic carbocycles. The fourth-order valence-corrected chi connectivity index (χ4v) is 2.07. The maximum absolute atomic E-state index is 13.1. The topological polar surface area (TPSA) is 71.1 Å². The molecule has 0 unspecified atom stereocenters. The molecule has 1 heterocycles. The van der Waals surface area contributed by atoms with Crippen molar-refractivity contribution in [2.45, 2.75) is 32.7 Å². The van der Waals surface area contributed by atoms with Crippen LogP contribution in [0.4, 0.5) is 10.1 Å². The van der Waals surface area contributed by atoms with Gasteiger partial charge in [-0.2, -0.15) is 0 Å². The molecule has 2 N–H and O–H groups in total. The second-order valence-corrected chi connectivity index (χ2v) is 6.49. The minimum atomic E-state index is -0.384. The van der Waals surface area contributed by atoms with E-state index in [4.69, 9.17) is 0 Å². The van der Waals surface area contributed by atoms with Crippen molar-refractivity contribution < 1.29 is 14.0 Å². The van der Waals surface area contributed by atoms with Crippen LogP contribution in [0, 0.1) is 5.82 Å². The van der Waals surface area contributed by atoms with Gasteiger partial charge in [-0.15, -0.1) is 0 Å². The van der Waals surface area contributed by atoms with Crippen LogP contribution in [0.2, 0.25) is 0 Å². The molecule has 0 saturated heterocycles. The van der Waals surface area contributed by atoms with Crippen LogP contribution in [0.5, 0.6) is 0 Å². The molecule has 0 radical (unpaired) electrons. The number of rotatable bonds is 4. The van der Waals surface area contributed by atoms with Crippen molar-refractivity contribution in [1.82, 2.24) is 10.3 Å². The van der Waals surface area contributed by atoms with E-state index >= 15 is 0 Å². The van der Waals surface area contributed by atoms with E-state index in [1.54, 1.807) is 18.2 Å². The zero-order valence-corrected chi connectivity index (χ0v) is 13.9. The van der Waals surface area contributed by atoms with E-state index in [0.717, 1.165) is 0 Å². The number of nitrogens with zero attached hydrogens (tertiary/aromatic N) is 1. The van der Waals surface area contributed by atoms with Crippen molar-refractivity contribution in [2.24, 2.45) is 0 Å². The number of aromatic nitrogens is 1. The number of hydrogen-bond donors (Lipinski definition) is 2. The maximum atomic E-state index is 13.1. The van der Waals surface area contributed by atoms with Crippen LogP contribution >= 0.6 is 0 Å². The number of benzene rings is 1. The lowest BCUT2D eigenvalue weighted by atomic mass is 10.1. The predicted molar refractivity (Wildman–Crippen MR) is 90.2 cm³/mol. The Hall–Kier alpha value is -2.76. The van der Waals surface area contributed by atoms with Gasteiger partial charge >= 0.3 is 0 Å². The minimum Gasteiger partial charge on any atom is -0.346 e. The largest absolute Gasteiger partial charge is 0.346 e. The number of carbonyl (C=O) groups excluding carboxylic acids is 2. The highest BCUT2D eigenvalue weighted by molar-refractivity contribution is 5.96. The van der Waals surface area contributed by atoms with Crippen molar-refractivity contribution in [2.75, 3.05) is 5.32 Å². The summed E-state index contributed by atoms with van der Waals surface area (Å²) in [6, 6.07) is 8.97. The summed E-state index contributed by atoms with van der Waals surface area (Å²) in [5.41, 5.74) is 0.876. The van der Waals surface area contributed by atoms with Gasteiger partial charge in [0.05, 0.1) is 6.42 Å². The SMILES string of the molecule is CC(C)(C)NC(=O)c1cc(NC(=O)Cc2cccc(F)c2)ccn1. The molecule has 6 heteroatoms. The number of carbonyl (C=O) groups is 2. The van der Waals surface area contributed by atoms with E-state index in [9.17, 15) is 14.0 Å². The fourth-order valence-electron chi connectivity index (χ4n) is 2.07. The maximum Gasteiger partial charge on any atom is 0.270 e. The first-order valence-electron chi connectivity index (χ1n) is 7.56. The van der Waals surface area contributed by atoms with E-state index in [0.29, 0.717) is 11.3 Å². The standard InChI is InChI=1S/C18H20FN3O2/c1-18(2,3)22-17(24)15-11-14(7-8-20-15)21-16(23)10-12-5-4-6-13(19)9-12/h4-9,11H,10H2,1-3H3,(H,22,24)(H,20,21,23). The molecule has 5 nitrogen and oxygen atoms in total. The van der Waals surface area contributed by atoms with Crippen molar-refractivity contribution in [3.05, 3.63) is 59.7 Å². The molecule has 24 heavy (non-hydrogen) atoms. The molecule has 2 amide bonds. The van der Waals surface area contributed by atoms with E-state index in [1.807, 2.05) is 20.8 Å². The zero-order valence-electron chi connectivity index (χ0n) is 13.9. The van der Waals surface area contributed by atoms with Gasteiger partial charge in [0, 0.05) is 17.4 Å². The molecule has 2 rings (SSSR count). The first-order valence-corrected chi connectivity index (χ1v) is 7.56. The van der Waals surface area contributed by atoms with Gasteiger partial charge in [-0.25, -0.2) is 4.39 Å². The summed E-state index contributed by atoms with van der Waals surface area (Å²) in [5, 5.41) is 5.49. The van der Waals surface area contributed by atoms with Crippen LogP contribution in [0.25, 0.3) is 0 Å². The van der Waals surface area contributed by atoms with E-state index in [1.165, 1.54) is 24.4 Å². The molecule has 0 fully saturated rings. The molecule has 1 aromatic heterocycles. The van der Waals surface area contributed by atoms with Gasteiger partial charge in [0.25, 0.3) is 5.91 Å². The summed E-state index contributed by atoms with van der Waals surface area (Å²) in [6.07, 6.45) is 1.50. The number of hydrogen-bond acceptors (Lipinski definition) is 3. The third kappa shape index (κ3) is 5.46. The fraction of sp³-hybridized carbons (Fsp3) is 0.278. The number of amides is 2. The molecular formula is C18H20FN3O2. The Morgan fingerprint density at radius 3 is 2.58 bits per heavy atom. The van der Waals surface area contributed by atoms with Gasteiger partial charge in [0.2, 0.25) is 5.91 Å². The van der Waals surface area contributed by atoms with Crippen molar-refractivity contribution >= 4 is 17.5 Å². The number of halogens is 1. The Kier molecular flexibility index (Phi) is 5.28. The molecule has 0 saturated carbocycles. The first kappa shape index (κ1) is 17.6. The van der Waals surface area contributed by atoms with Gasteiger partial charge in [0.1, 0.15) is 11.5 Å². The first-order chi connectivity index (χ1) is 11.2. The minimum absolute atomic E-state index is 0.0452. The average Bonchev–Trinajstić information content (AvgIpc) is 2.45. The lowest BCUT2D eigenvalue weighted by molar-refractivity contribution is -0.115. The number of anilines is 1. The molecule has 126 valence electrons. The summed E-state index contributed by atoms with van der Waals surface area (Å²) in [6.45, 7) is 5.61. The van der Waals surface area contributed by atoms with E-state index < -0.39 is 0 Å². The van der Waals surface area contributed by atoms with Gasteiger partial charge in [-0.1, -0.05) is 12.1 Å². The molecule has 0 aliphatic rings. The lowest BCUT2D eigenvalue weighted by Gasteiger charge is -2.20. The summed E-state index contributed by atoms with van der Waals surface area (Å²) in [5.74, 6) is -0.997. The molecule has 0 bridgehead atoms. The Morgan fingerprint density at radius 2 is 1.92 bits per heavy atom. The Labute approximate surface area is 140 Å². The Morgan fingerprint density at radius 1 is 1.17 bits per heavy atom. The van der Waals surface area contributed by atoms with Crippen LogP contribution in [-0.2, 0) is 11.2 Å². The highest BCUT2D eigenvalue weighted by Gasteiger charge is 2.16. The third-order valence-electron chi connectivity index (χ3n) is 3.02. The van der Waals surface area contributed by atoms with Gasteiger partial charge in [-0.05, 0) is 50.6 Å². The van der Waals surface area contributed by atoms with Crippen LogP contribution < -0.4 is 10.6 Å². The highest BCUT2D eigenvalue weighted by Crippen LogP contribution is 2.11. The molecule has 0 aliphatic carbocycles. The van der Waals surface area contributed by atoms with Crippen LogP contribution in [0.15, 0.2) is 42.6 Å². The van der Waals surface area contributed by atoms with Crippen LogP contribution in [0.3, 0.4) is 0 Å². The summed E-state index contributed by atoms with van der Waals surface area (Å²) < 4.78 is 13.1. The number of pyridine rings is 1. The van der Waals surface area contributed by atoms with Gasteiger partial charge in [-0.3, -0.25) is 14.6 Å². The summed E-state index contributed by atoms with van der Waals surface area (Å²) in [7, 11) is 0. The summed E-state index contributed by atoms with van der Waals surface area (Å²) >= 11 is 0. The Balaban J connectivity index is 2.03. The third-order valence-corrected chi connectivity index (χ3v) is 3.02. The molecule has 0 atom stereocenters. The second-order valence-electron chi connectivity index (χ2n) is 6.49. The van der Waals surface area contributed by atoms with Crippen molar-refractivity contribution in [3.8, 4) is 0 Å². The molecule has 2 aromatic rings. The Bertz CT molecular complexity index is 754. The van der Waals surface area contributed by atoms with E-state index in [2.05, 4.69) is 15.6 Å². The van der Waals surface area contributed by atoms with E-state index in [-0.39, 0.29) is 35.3 Å². The number of nitrogens with one attached hydrogen (secondary N) is 2. The smallest absolute Gasteiger partial charge is 0.270 e. The second kappa shape index (κ2) is 7.21. The normalized spacial score (nSPS) is 11.0. The van der Waals surface area contributed by atoms with Crippen LogP contribution in [-0.4, -0.2) is 22.3 Å². The average molecular weight is 329 g/mol. The lowest BCUT2D eigenvalue weighted by Crippen LogP contribution is -2.40. The van der Waals surface area contributed by atoms with Crippen molar-refractivity contribution in [1.29, 1.82) is 0 Å². The highest BCUT2D eigenvalue weighted by atomic mass is 19.1. The predicted octanol–water partition coefficient (Wildman–Crippen LogP) is 2.93. The molecule has 0 spiro atoms. The van der Waals surface area contributed by atoms with Gasteiger partial charge in [0.15, 0.2) is 0 Å².